The summed E-state index contributed by atoms with van der Waals surface area (Å²) in [6, 6.07) is 0. The van der Waals surface area contributed by atoms with E-state index in [0.29, 0.717) is 26.9 Å². The third kappa shape index (κ3) is 5.51. The molecular formula is C11H16ClO2PS. The van der Waals surface area contributed by atoms with Gasteiger partial charge in [-0.25, -0.2) is 0 Å². The maximum atomic E-state index is 9.92. The summed E-state index contributed by atoms with van der Waals surface area (Å²) < 4.78 is 5.30. The molecule has 0 aliphatic heterocycles. The number of thiol groups is 1. The van der Waals surface area contributed by atoms with E-state index >= 15 is 0 Å². The first-order valence-electron chi connectivity index (χ1n) is 5.11. The lowest BCUT2D eigenvalue weighted by Gasteiger charge is -2.11. The number of halogens is 1. The third-order valence-corrected chi connectivity index (χ3v) is 3.28. The molecule has 0 spiro atoms. The highest BCUT2D eigenvalue weighted by atomic mass is 35.5. The fraction of sp³-hybridized carbons (Fsp3) is 0.455. The molecule has 0 saturated heterocycles. The van der Waals surface area contributed by atoms with E-state index in [4.69, 9.17) is 16.1 Å². The van der Waals surface area contributed by atoms with Crippen LogP contribution in [0.1, 0.15) is 12.8 Å². The summed E-state index contributed by atoms with van der Waals surface area (Å²) in [4.78, 5) is 0. The Morgan fingerprint density at radius 1 is 1.62 bits per heavy atom. The van der Waals surface area contributed by atoms with Gasteiger partial charge in [0.1, 0.15) is 0 Å². The number of hydrogen-bond donors (Lipinski definition) is 2. The molecule has 1 N–H and O–H groups in total. The minimum absolute atomic E-state index is 0.397. The van der Waals surface area contributed by atoms with E-state index in [2.05, 4.69) is 12.6 Å². The standard InChI is InChI=1S/C11H16ClO2PS/c12-10-4-2-1-3-9(7-10)11(13)5-6-14-15-8-16/h2-4,7,11,13,15-16H,1,5-6,8H2. The number of aliphatic hydroxyl groups excluding tert-OH is 1. The van der Waals surface area contributed by atoms with Crippen LogP contribution in [0.2, 0.25) is 0 Å². The van der Waals surface area contributed by atoms with E-state index in [-0.39, 0.29) is 0 Å². The summed E-state index contributed by atoms with van der Waals surface area (Å²) in [5.74, 6) is 0. The summed E-state index contributed by atoms with van der Waals surface area (Å²) in [5.41, 5.74) is 1.60. The highest BCUT2D eigenvalue weighted by molar-refractivity contribution is 7.85. The van der Waals surface area contributed by atoms with Gasteiger partial charge in [0.15, 0.2) is 0 Å². The minimum atomic E-state index is -0.502. The van der Waals surface area contributed by atoms with E-state index < -0.39 is 6.10 Å². The lowest BCUT2D eigenvalue weighted by molar-refractivity contribution is 0.178. The monoisotopic (exact) mass is 278 g/mol. The van der Waals surface area contributed by atoms with Crippen LogP contribution in [0, 0.1) is 0 Å². The van der Waals surface area contributed by atoms with Gasteiger partial charge in [-0.15, -0.1) is 0 Å². The highest BCUT2D eigenvalue weighted by Gasteiger charge is 2.09. The average Bonchev–Trinajstić information content (AvgIpc) is 2.49. The SMILES string of the molecule is OC(CCOPCS)C1=CCC=CC(Cl)=C1. The molecule has 1 rings (SSSR count). The van der Waals surface area contributed by atoms with Crippen LogP contribution in [0.25, 0.3) is 0 Å². The van der Waals surface area contributed by atoms with Crippen molar-refractivity contribution in [1.82, 2.24) is 0 Å². The minimum Gasteiger partial charge on any atom is -0.388 e. The van der Waals surface area contributed by atoms with Gasteiger partial charge >= 0.3 is 0 Å². The van der Waals surface area contributed by atoms with Crippen LogP contribution in [0.4, 0.5) is 0 Å². The Bertz CT molecular complexity index is 302. The van der Waals surface area contributed by atoms with Crippen molar-refractivity contribution in [3.8, 4) is 0 Å². The molecule has 0 amide bonds. The first kappa shape index (κ1) is 14.3. The molecule has 0 aromatic carbocycles. The molecule has 0 aromatic rings. The van der Waals surface area contributed by atoms with Crippen molar-refractivity contribution >= 4 is 33.0 Å². The maximum Gasteiger partial charge on any atom is 0.0809 e. The molecule has 1 aliphatic carbocycles. The van der Waals surface area contributed by atoms with E-state index in [1.165, 1.54) is 0 Å². The zero-order valence-electron chi connectivity index (χ0n) is 8.90. The summed E-state index contributed by atoms with van der Waals surface area (Å²) >= 11 is 9.98. The van der Waals surface area contributed by atoms with Crippen LogP contribution in [-0.4, -0.2) is 23.3 Å². The summed E-state index contributed by atoms with van der Waals surface area (Å²) in [6.07, 6.45) is 8.49. The topological polar surface area (TPSA) is 29.5 Å². The van der Waals surface area contributed by atoms with Gasteiger partial charge in [0.05, 0.1) is 12.7 Å². The molecule has 0 fully saturated rings. The van der Waals surface area contributed by atoms with Gasteiger partial charge in [-0.05, 0) is 24.1 Å². The van der Waals surface area contributed by atoms with Crippen LogP contribution >= 0.6 is 33.0 Å². The zero-order chi connectivity index (χ0) is 11.8. The lowest BCUT2D eigenvalue weighted by Crippen LogP contribution is -2.11. The van der Waals surface area contributed by atoms with Gasteiger partial charge < -0.3 is 9.63 Å². The Labute approximate surface area is 109 Å². The van der Waals surface area contributed by atoms with Crippen molar-refractivity contribution in [1.29, 1.82) is 0 Å². The van der Waals surface area contributed by atoms with Crippen molar-refractivity contribution in [2.24, 2.45) is 0 Å². The number of rotatable bonds is 6. The maximum absolute atomic E-state index is 9.92. The largest absolute Gasteiger partial charge is 0.388 e. The molecule has 1 aliphatic rings. The summed E-state index contributed by atoms with van der Waals surface area (Å²) in [7, 11) is 0.397. The van der Waals surface area contributed by atoms with E-state index in [1.807, 2.05) is 18.2 Å². The van der Waals surface area contributed by atoms with Gasteiger partial charge in [0.25, 0.3) is 0 Å². The quantitative estimate of drug-likeness (QED) is 0.444. The van der Waals surface area contributed by atoms with Gasteiger partial charge in [-0.3, -0.25) is 0 Å². The Morgan fingerprint density at radius 2 is 2.44 bits per heavy atom. The van der Waals surface area contributed by atoms with Crippen LogP contribution in [-0.2, 0) is 4.52 Å². The van der Waals surface area contributed by atoms with E-state index in [1.54, 1.807) is 6.08 Å². The zero-order valence-corrected chi connectivity index (χ0v) is 11.5. The van der Waals surface area contributed by atoms with Crippen LogP contribution in [0.5, 0.6) is 0 Å². The molecule has 2 atom stereocenters. The predicted octanol–water partition coefficient (Wildman–Crippen LogP) is 3.24. The molecule has 16 heavy (non-hydrogen) atoms. The third-order valence-electron chi connectivity index (χ3n) is 2.12. The van der Waals surface area contributed by atoms with Crippen molar-refractivity contribution in [3.63, 3.8) is 0 Å². The second-order valence-corrected chi connectivity index (χ2v) is 5.61. The summed E-state index contributed by atoms with van der Waals surface area (Å²) in [5, 5.41) is 10.6. The molecule has 0 heterocycles. The summed E-state index contributed by atoms with van der Waals surface area (Å²) in [6.45, 7) is 0.552. The predicted molar refractivity (Wildman–Crippen MR) is 74.5 cm³/mol. The molecule has 0 bridgehead atoms. The molecule has 0 radical (unpaired) electrons. The van der Waals surface area contributed by atoms with Gasteiger partial charge in [0, 0.05) is 25.8 Å². The molecule has 0 saturated carbocycles. The Morgan fingerprint density at radius 3 is 3.19 bits per heavy atom. The van der Waals surface area contributed by atoms with Crippen molar-refractivity contribution in [2.75, 3.05) is 12.1 Å². The van der Waals surface area contributed by atoms with Gasteiger partial charge in [0.2, 0.25) is 0 Å². The Balaban J connectivity index is 2.38. The van der Waals surface area contributed by atoms with Crippen molar-refractivity contribution in [2.45, 2.75) is 18.9 Å². The number of allylic oxidation sites excluding steroid dienone is 4. The van der Waals surface area contributed by atoms with E-state index in [0.717, 1.165) is 17.5 Å². The Hall–Kier alpha value is 0.210. The molecule has 2 unspecified atom stereocenters. The highest BCUT2D eigenvalue weighted by Crippen LogP contribution is 2.20. The molecule has 90 valence electrons. The first-order chi connectivity index (χ1) is 7.74. The Kier molecular flexibility index (Phi) is 7.42. The first-order valence-corrected chi connectivity index (χ1v) is 7.24. The second kappa shape index (κ2) is 8.32. The number of aliphatic hydroxyl groups is 1. The smallest absolute Gasteiger partial charge is 0.0809 e. The molecule has 0 aromatic heterocycles. The average molecular weight is 279 g/mol. The lowest BCUT2D eigenvalue weighted by atomic mass is 10.1. The van der Waals surface area contributed by atoms with E-state index in [9.17, 15) is 5.11 Å². The van der Waals surface area contributed by atoms with Crippen molar-refractivity contribution in [3.05, 3.63) is 34.9 Å². The fourth-order valence-corrected chi connectivity index (χ4v) is 2.18. The van der Waals surface area contributed by atoms with Crippen LogP contribution < -0.4 is 0 Å². The number of hydrogen-bond acceptors (Lipinski definition) is 3. The van der Waals surface area contributed by atoms with Crippen LogP contribution in [0.3, 0.4) is 0 Å². The normalized spacial score (nSPS) is 18.4. The van der Waals surface area contributed by atoms with Crippen LogP contribution in [0.15, 0.2) is 34.9 Å². The molecule has 2 nitrogen and oxygen atoms in total. The van der Waals surface area contributed by atoms with Crippen molar-refractivity contribution < 1.29 is 9.63 Å². The fourth-order valence-electron chi connectivity index (χ4n) is 1.34. The van der Waals surface area contributed by atoms with Gasteiger partial charge in [-0.1, -0.05) is 23.8 Å². The molecular weight excluding hydrogens is 263 g/mol. The second-order valence-electron chi connectivity index (χ2n) is 3.33. The van der Waals surface area contributed by atoms with Gasteiger partial charge in [-0.2, -0.15) is 12.6 Å². The molecule has 5 heteroatoms.